The highest BCUT2D eigenvalue weighted by atomic mass is 16.5. The fourth-order valence-electron chi connectivity index (χ4n) is 11.9. The Morgan fingerprint density at radius 1 is 0.411 bits per heavy atom. The third-order valence-corrected chi connectivity index (χ3v) is 19.2. The summed E-state index contributed by atoms with van der Waals surface area (Å²) in [5.74, 6) is 13.7. The van der Waals surface area contributed by atoms with Crippen LogP contribution in [0, 0.1) is 94.2 Å². The summed E-state index contributed by atoms with van der Waals surface area (Å²) in [4.78, 5) is 10.9. The highest BCUT2D eigenvalue weighted by Crippen LogP contribution is 2.37. The first-order valence-corrected chi connectivity index (χ1v) is 32.1. The SMILES string of the molecule is CC(C)C1(C)CCNCC1.CC(C)C1CC1.CC(C)C1CCCCC1.CC(C)C1CCCNC1.CC(C)C1CCNC(=O)C1.CC(C)C1CCNC(C)(C)C1.CC(C)C1CCNCC1.CC(C)C1CCOCC1. The number of rotatable bonds is 8. The first kappa shape index (κ1) is 70.3. The zero-order valence-electron chi connectivity index (χ0n) is 53.0. The van der Waals surface area contributed by atoms with Crippen molar-refractivity contribution in [2.45, 2.75) is 259 Å². The number of ether oxygens (including phenoxy) is 1. The largest absolute Gasteiger partial charge is 0.381 e. The molecule has 8 rings (SSSR count). The lowest BCUT2D eigenvalue weighted by Crippen LogP contribution is -2.47. The Morgan fingerprint density at radius 2 is 0.836 bits per heavy atom. The van der Waals surface area contributed by atoms with Crippen molar-refractivity contribution < 1.29 is 9.53 Å². The average Bonchev–Trinajstić information content (AvgIpc) is 4.23. The maximum Gasteiger partial charge on any atom is 0.220 e. The molecule has 2 aliphatic carbocycles. The van der Waals surface area contributed by atoms with E-state index in [9.17, 15) is 4.79 Å². The smallest absolute Gasteiger partial charge is 0.220 e. The second-order valence-electron chi connectivity index (χ2n) is 28.3. The first-order chi connectivity index (χ1) is 34.4. The summed E-state index contributed by atoms with van der Waals surface area (Å²) in [5.41, 5.74) is 0.998. The Labute approximate surface area is 458 Å². The topological polar surface area (TPSA) is 86.5 Å². The molecule has 7 nitrogen and oxygen atoms in total. The fraction of sp³-hybridized carbons (Fsp3) is 0.985. The van der Waals surface area contributed by atoms with Gasteiger partial charge in [0.2, 0.25) is 5.91 Å². The Balaban J connectivity index is 0.000000419. The van der Waals surface area contributed by atoms with Gasteiger partial charge in [0.1, 0.15) is 0 Å². The predicted octanol–water partition coefficient (Wildman–Crippen LogP) is 16.2. The number of amides is 1. The zero-order chi connectivity index (χ0) is 55.0. The van der Waals surface area contributed by atoms with Crippen LogP contribution in [-0.4, -0.2) is 77.0 Å². The molecule has 3 atom stereocenters. The molecule has 5 N–H and O–H groups in total. The number of hydrogen-bond acceptors (Lipinski definition) is 6. The summed E-state index contributed by atoms with van der Waals surface area (Å²) in [7, 11) is 0. The van der Waals surface area contributed by atoms with Crippen LogP contribution in [-0.2, 0) is 9.53 Å². The molecule has 2 saturated carbocycles. The minimum absolute atomic E-state index is 0.227. The van der Waals surface area contributed by atoms with E-state index in [0.717, 1.165) is 110 Å². The Hall–Kier alpha value is -0.730. The van der Waals surface area contributed by atoms with E-state index in [1.54, 1.807) is 0 Å². The van der Waals surface area contributed by atoms with Gasteiger partial charge in [-0.05, 0) is 237 Å². The van der Waals surface area contributed by atoms with Gasteiger partial charge in [-0.1, -0.05) is 150 Å². The molecule has 8 aliphatic rings. The van der Waals surface area contributed by atoms with Crippen molar-refractivity contribution in [2.24, 2.45) is 94.2 Å². The van der Waals surface area contributed by atoms with Crippen molar-refractivity contribution >= 4 is 5.91 Å². The quantitative estimate of drug-likeness (QED) is 0.167. The minimum atomic E-state index is 0.227. The molecule has 0 aromatic carbocycles. The van der Waals surface area contributed by atoms with Crippen molar-refractivity contribution in [1.29, 1.82) is 0 Å². The summed E-state index contributed by atoms with van der Waals surface area (Å²) >= 11 is 0. The Bertz CT molecular complexity index is 1190. The molecule has 73 heavy (non-hydrogen) atoms. The molecule has 6 aliphatic heterocycles. The maximum atomic E-state index is 10.9. The van der Waals surface area contributed by atoms with Crippen LogP contribution in [0.25, 0.3) is 0 Å². The van der Waals surface area contributed by atoms with Gasteiger partial charge in [0.15, 0.2) is 0 Å². The molecule has 3 unspecified atom stereocenters. The minimum Gasteiger partial charge on any atom is -0.381 e. The predicted molar refractivity (Wildman–Crippen MR) is 323 cm³/mol. The molecule has 0 spiro atoms. The first-order valence-electron chi connectivity index (χ1n) is 32.1. The molecule has 8 fully saturated rings. The number of carbonyl (C=O) groups excluding carboxylic acids is 1. The molecule has 0 radical (unpaired) electrons. The third kappa shape index (κ3) is 34.0. The normalized spacial score (nSPS) is 25.7. The lowest BCUT2D eigenvalue weighted by Gasteiger charge is -2.38. The van der Waals surface area contributed by atoms with E-state index in [1.807, 2.05) is 0 Å². The molecule has 7 heteroatoms. The molecule has 0 aromatic heterocycles. The summed E-state index contributed by atoms with van der Waals surface area (Å²) in [6.07, 6.45) is 25.9. The van der Waals surface area contributed by atoms with E-state index in [4.69, 9.17) is 4.74 Å². The lowest BCUT2D eigenvalue weighted by molar-refractivity contribution is -0.123. The fourth-order valence-corrected chi connectivity index (χ4v) is 11.9. The summed E-state index contributed by atoms with van der Waals surface area (Å²) in [6.45, 7) is 55.4. The number of carbonyl (C=O) groups is 1. The van der Waals surface area contributed by atoms with Gasteiger partial charge in [0, 0.05) is 31.7 Å². The van der Waals surface area contributed by atoms with E-state index >= 15 is 0 Å². The molecular weight excluding hydrogens is 895 g/mol. The van der Waals surface area contributed by atoms with Gasteiger partial charge in [-0.15, -0.1) is 0 Å². The molecule has 1 amide bonds. The second kappa shape index (κ2) is 39.6. The van der Waals surface area contributed by atoms with E-state index in [2.05, 4.69) is 158 Å². The van der Waals surface area contributed by atoms with Crippen LogP contribution in [0.15, 0.2) is 0 Å². The van der Waals surface area contributed by atoms with Crippen molar-refractivity contribution in [1.82, 2.24) is 26.6 Å². The van der Waals surface area contributed by atoms with Gasteiger partial charge >= 0.3 is 0 Å². The summed E-state index contributed by atoms with van der Waals surface area (Å²) in [5, 5.41) is 16.6. The summed E-state index contributed by atoms with van der Waals surface area (Å²) in [6, 6.07) is 0. The van der Waals surface area contributed by atoms with E-state index < -0.39 is 0 Å². The van der Waals surface area contributed by atoms with Crippen LogP contribution < -0.4 is 26.6 Å². The molecule has 436 valence electrons. The monoisotopic (exact) mass is 1030 g/mol. The maximum absolute atomic E-state index is 10.9. The van der Waals surface area contributed by atoms with Gasteiger partial charge in [-0.2, -0.15) is 0 Å². The van der Waals surface area contributed by atoms with Crippen molar-refractivity contribution in [3.63, 3.8) is 0 Å². The van der Waals surface area contributed by atoms with Crippen molar-refractivity contribution in [3.8, 4) is 0 Å². The molecule has 6 saturated heterocycles. The number of hydrogen-bond donors (Lipinski definition) is 5. The van der Waals surface area contributed by atoms with Crippen molar-refractivity contribution in [3.05, 3.63) is 0 Å². The van der Waals surface area contributed by atoms with Gasteiger partial charge in [-0.3, -0.25) is 4.79 Å². The number of piperidine rings is 5. The van der Waals surface area contributed by atoms with Crippen LogP contribution in [0.3, 0.4) is 0 Å². The van der Waals surface area contributed by atoms with Crippen LogP contribution in [0.1, 0.15) is 254 Å². The lowest BCUT2D eigenvalue weighted by atomic mass is 9.72. The molecule has 0 aromatic rings. The Morgan fingerprint density at radius 3 is 1.15 bits per heavy atom. The second-order valence-corrected chi connectivity index (χ2v) is 28.3. The zero-order valence-corrected chi connectivity index (χ0v) is 53.0. The highest BCUT2D eigenvalue weighted by Gasteiger charge is 2.30. The standard InChI is InChI=1S/C10H21N.C9H19N.C9H18.C8H15NO.2C8H17N.C8H16O.C6H12/c1-8(2)9-5-6-11-10(3,4)7-9;1-8(2)9(3)4-6-10-7-5-9;1-8(2)9-6-4-3-5-7-9;1-6(2)7-3-4-9-8(10)5-7;1-7(2)8-3-5-9-6-4-8;1-7(2)8-4-3-5-9-6-8;1-7(2)8-3-5-9-6-4-8;1-5(2)6-3-4-6/h8-9,11H,5-7H2,1-4H3;8,10H,4-7H2,1-3H3;8-9H,3-7H2,1-2H3;6-7H,3-5H2,1-2H3,(H,9,10);2*7-9H,3-6H2,1-2H3;7-8H,3-6H2,1-2H3;5-6H,3-4H2,1-2H3. The van der Waals surface area contributed by atoms with Crippen LogP contribution >= 0.6 is 0 Å². The van der Waals surface area contributed by atoms with E-state index in [1.165, 1.54) is 155 Å². The van der Waals surface area contributed by atoms with Crippen LogP contribution in [0.2, 0.25) is 0 Å². The molecule has 0 bridgehead atoms. The van der Waals surface area contributed by atoms with Gasteiger partial charge in [0.05, 0.1) is 0 Å². The van der Waals surface area contributed by atoms with E-state index in [0.29, 0.717) is 22.8 Å². The summed E-state index contributed by atoms with van der Waals surface area (Å²) < 4.78 is 5.25. The van der Waals surface area contributed by atoms with Crippen molar-refractivity contribution in [2.75, 3.05) is 65.6 Å². The van der Waals surface area contributed by atoms with Gasteiger partial charge in [-0.25, -0.2) is 0 Å². The van der Waals surface area contributed by atoms with E-state index in [-0.39, 0.29) is 5.91 Å². The number of nitrogens with one attached hydrogen (secondary N) is 5. The third-order valence-electron chi connectivity index (χ3n) is 19.2. The van der Waals surface area contributed by atoms with Gasteiger partial charge in [0.25, 0.3) is 0 Å². The average molecular weight is 1030 g/mol. The van der Waals surface area contributed by atoms with Crippen LogP contribution in [0.4, 0.5) is 0 Å². The molecule has 6 heterocycles. The molecular formula is C66H135N5O2. The van der Waals surface area contributed by atoms with Gasteiger partial charge < -0.3 is 31.3 Å². The van der Waals surface area contributed by atoms with Crippen LogP contribution in [0.5, 0.6) is 0 Å². The Kier molecular flexibility index (Phi) is 38.1. The highest BCUT2D eigenvalue weighted by molar-refractivity contribution is 5.76.